The summed E-state index contributed by atoms with van der Waals surface area (Å²) < 4.78 is 0. The number of nitrogens with zero attached hydrogens (tertiary/aromatic N) is 1. The highest BCUT2D eigenvalue weighted by Crippen LogP contribution is 2.21. The Morgan fingerprint density at radius 2 is 2.08 bits per heavy atom. The number of hydrogen-bond donors (Lipinski definition) is 1. The molecule has 1 saturated carbocycles. The van der Waals surface area contributed by atoms with Crippen LogP contribution >= 0.6 is 12.2 Å². The Morgan fingerprint density at radius 1 is 1.31 bits per heavy atom. The van der Waals surface area contributed by atoms with Gasteiger partial charge < -0.3 is 10.2 Å². The van der Waals surface area contributed by atoms with Crippen LogP contribution < -0.4 is 5.32 Å². The van der Waals surface area contributed by atoms with Gasteiger partial charge in [0.2, 0.25) is 0 Å². The van der Waals surface area contributed by atoms with E-state index in [4.69, 9.17) is 12.2 Å². The fourth-order valence-electron chi connectivity index (χ4n) is 1.89. The van der Waals surface area contributed by atoms with E-state index in [1.807, 2.05) is 0 Å². The first-order valence-electron chi connectivity index (χ1n) is 5.34. The maximum atomic E-state index is 5.38. The Morgan fingerprint density at radius 3 is 2.69 bits per heavy atom. The fraction of sp³-hybridized carbons (Fsp3) is 0.900. The highest BCUT2D eigenvalue weighted by molar-refractivity contribution is 7.80. The summed E-state index contributed by atoms with van der Waals surface area (Å²) >= 11 is 5.38. The van der Waals surface area contributed by atoms with Crippen molar-refractivity contribution < 1.29 is 0 Å². The lowest BCUT2D eigenvalue weighted by molar-refractivity contribution is 0.255. The molecule has 0 amide bonds. The smallest absolute Gasteiger partial charge is 0.169 e. The lowest BCUT2D eigenvalue weighted by atomic mass is 10.0. The molecule has 74 valence electrons. The number of piperidine rings is 1. The molecule has 2 aliphatic rings. The van der Waals surface area contributed by atoms with E-state index in [0.717, 1.165) is 11.7 Å². The first-order chi connectivity index (χ1) is 6.27. The number of nitrogens with one attached hydrogen (secondary N) is 1. The highest BCUT2D eigenvalue weighted by Gasteiger charge is 2.26. The van der Waals surface area contributed by atoms with Crippen molar-refractivity contribution in [1.82, 2.24) is 10.2 Å². The Labute approximate surface area is 85.7 Å². The summed E-state index contributed by atoms with van der Waals surface area (Å²) in [5.41, 5.74) is 0. The maximum Gasteiger partial charge on any atom is 0.169 e. The summed E-state index contributed by atoms with van der Waals surface area (Å²) in [5, 5.41) is 4.41. The molecular weight excluding hydrogens is 180 g/mol. The molecule has 1 saturated heterocycles. The van der Waals surface area contributed by atoms with Gasteiger partial charge in [-0.25, -0.2) is 0 Å². The van der Waals surface area contributed by atoms with E-state index in [0.29, 0.717) is 12.1 Å². The third-order valence-corrected chi connectivity index (χ3v) is 3.32. The number of hydrogen-bond acceptors (Lipinski definition) is 1. The zero-order chi connectivity index (χ0) is 9.26. The van der Waals surface area contributed by atoms with Crippen LogP contribution in [-0.4, -0.2) is 28.6 Å². The van der Waals surface area contributed by atoms with E-state index in [1.54, 1.807) is 0 Å². The van der Waals surface area contributed by atoms with Gasteiger partial charge in [-0.1, -0.05) is 0 Å². The SMILES string of the molecule is C[C@H]1CCCCN1C(=S)NC1CC1. The molecule has 1 N–H and O–H groups in total. The van der Waals surface area contributed by atoms with E-state index in [-0.39, 0.29) is 0 Å². The van der Waals surface area contributed by atoms with Crippen molar-refractivity contribution in [2.75, 3.05) is 6.54 Å². The second kappa shape index (κ2) is 3.82. The summed E-state index contributed by atoms with van der Waals surface area (Å²) in [6.45, 7) is 3.43. The maximum absolute atomic E-state index is 5.38. The van der Waals surface area contributed by atoms with Crippen LogP contribution in [0.25, 0.3) is 0 Å². The zero-order valence-electron chi connectivity index (χ0n) is 8.25. The van der Waals surface area contributed by atoms with Gasteiger partial charge in [-0.15, -0.1) is 0 Å². The van der Waals surface area contributed by atoms with Crippen LogP contribution in [0.3, 0.4) is 0 Å². The van der Waals surface area contributed by atoms with Crippen LogP contribution in [0.1, 0.15) is 39.0 Å². The van der Waals surface area contributed by atoms with Crippen molar-refractivity contribution >= 4 is 17.3 Å². The third kappa shape index (κ3) is 2.33. The summed E-state index contributed by atoms with van der Waals surface area (Å²) in [4.78, 5) is 2.36. The van der Waals surface area contributed by atoms with Crippen LogP contribution in [0.4, 0.5) is 0 Å². The van der Waals surface area contributed by atoms with Gasteiger partial charge in [-0.05, 0) is 51.2 Å². The predicted octanol–water partition coefficient (Wildman–Crippen LogP) is 1.90. The molecule has 0 radical (unpaired) electrons. The van der Waals surface area contributed by atoms with Crippen LogP contribution in [0.15, 0.2) is 0 Å². The minimum atomic E-state index is 0.646. The van der Waals surface area contributed by atoms with Gasteiger partial charge in [0.05, 0.1) is 0 Å². The first kappa shape index (κ1) is 9.25. The molecule has 0 unspecified atom stereocenters. The molecule has 0 bridgehead atoms. The lowest BCUT2D eigenvalue weighted by Crippen LogP contribution is -2.47. The van der Waals surface area contributed by atoms with Gasteiger partial charge in [0.15, 0.2) is 5.11 Å². The largest absolute Gasteiger partial charge is 0.360 e. The van der Waals surface area contributed by atoms with Gasteiger partial charge in [0.25, 0.3) is 0 Å². The van der Waals surface area contributed by atoms with Gasteiger partial charge in [0.1, 0.15) is 0 Å². The molecule has 1 heterocycles. The standard InChI is InChI=1S/C10H18N2S/c1-8-4-2-3-7-12(8)10(13)11-9-5-6-9/h8-9H,2-7H2,1H3,(H,11,13)/t8-/m0/s1. The minimum Gasteiger partial charge on any atom is -0.360 e. The van der Waals surface area contributed by atoms with E-state index in [2.05, 4.69) is 17.1 Å². The van der Waals surface area contributed by atoms with Crippen LogP contribution in [0.5, 0.6) is 0 Å². The average Bonchev–Trinajstić information content (AvgIpc) is 2.89. The molecule has 1 aliphatic heterocycles. The van der Waals surface area contributed by atoms with Crippen molar-refractivity contribution in [3.8, 4) is 0 Å². The Bertz CT molecular complexity index is 201. The van der Waals surface area contributed by atoms with Crippen molar-refractivity contribution in [3.63, 3.8) is 0 Å². The molecule has 1 atom stereocenters. The van der Waals surface area contributed by atoms with Gasteiger partial charge in [-0.2, -0.15) is 0 Å². The van der Waals surface area contributed by atoms with E-state index in [9.17, 15) is 0 Å². The van der Waals surface area contributed by atoms with Crippen LogP contribution in [0.2, 0.25) is 0 Å². The minimum absolute atomic E-state index is 0.646. The average molecular weight is 198 g/mol. The molecule has 0 aromatic heterocycles. The molecule has 1 aliphatic carbocycles. The Balaban J connectivity index is 1.85. The molecule has 2 rings (SSSR count). The van der Waals surface area contributed by atoms with Crippen molar-refractivity contribution in [1.29, 1.82) is 0 Å². The molecule has 0 spiro atoms. The Kier molecular flexibility index (Phi) is 2.72. The first-order valence-corrected chi connectivity index (χ1v) is 5.75. The van der Waals surface area contributed by atoms with E-state index in [1.165, 1.54) is 32.1 Å². The molecule has 2 fully saturated rings. The second-order valence-corrected chi connectivity index (χ2v) is 4.65. The van der Waals surface area contributed by atoms with E-state index >= 15 is 0 Å². The topological polar surface area (TPSA) is 15.3 Å². The quantitative estimate of drug-likeness (QED) is 0.648. The van der Waals surface area contributed by atoms with Crippen LogP contribution in [-0.2, 0) is 0 Å². The molecule has 3 heteroatoms. The van der Waals surface area contributed by atoms with Crippen molar-refractivity contribution in [3.05, 3.63) is 0 Å². The lowest BCUT2D eigenvalue weighted by Gasteiger charge is -2.35. The van der Waals surface area contributed by atoms with Crippen LogP contribution in [0, 0.1) is 0 Å². The summed E-state index contributed by atoms with van der Waals surface area (Å²) in [6, 6.07) is 1.34. The summed E-state index contributed by atoms with van der Waals surface area (Å²) in [6.07, 6.45) is 6.58. The van der Waals surface area contributed by atoms with Crippen molar-refractivity contribution in [2.24, 2.45) is 0 Å². The zero-order valence-corrected chi connectivity index (χ0v) is 9.07. The highest BCUT2D eigenvalue weighted by atomic mass is 32.1. The normalized spacial score (nSPS) is 28.7. The third-order valence-electron chi connectivity index (χ3n) is 2.97. The fourth-order valence-corrected chi connectivity index (χ4v) is 2.32. The molecule has 0 aromatic rings. The summed E-state index contributed by atoms with van der Waals surface area (Å²) in [7, 11) is 0. The number of rotatable bonds is 1. The Hall–Kier alpha value is -0.310. The van der Waals surface area contributed by atoms with E-state index < -0.39 is 0 Å². The molecular formula is C10H18N2S. The predicted molar refractivity (Wildman–Crippen MR) is 58.8 cm³/mol. The van der Waals surface area contributed by atoms with Gasteiger partial charge in [0, 0.05) is 18.6 Å². The molecule has 13 heavy (non-hydrogen) atoms. The number of thiocarbonyl (C=S) groups is 1. The molecule has 2 nitrogen and oxygen atoms in total. The molecule has 0 aromatic carbocycles. The van der Waals surface area contributed by atoms with Gasteiger partial charge in [-0.3, -0.25) is 0 Å². The monoisotopic (exact) mass is 198 g/mol. The summed E-state index contributed by atoms with van der Waals surface area (Å²) in [5.74, 6) is 0. The second-order valence-electron chi connectivity index (χ2n) is 4.26. The number of likely N-dealkylation sites (tertiary alicyclic amines) is 1. The van der Waals surface area contributed by atoms with Gasteiger partial charge >= 0.3 is 0 Å². The van der Waals surface area contributed by atoms with Crippen molar-refractivity contribution in [2.45, 2.75) is 51.1 Å².